The molecule has 0 saturated carbocycles. The number of rotatable bonds is 42. The average molecular weight is 1710 g/mol. The first-order chi connectivity index (χ1) is 57.6. The van der Waals surface area contributed by atoms with E-state index in [1.54, 1.807) is 82.2 Å². The maximum Gasteiger partial charge on any atom is 0.333 e. The number of nitrogens with one attached hydrogen (secondary N) is 4. The van der Waals surface area contributed by atoms with Gasteiger partial charge < -0.3 is 61.2 Å². The molecule has 5 heterocycles. The van der Waals surface area contributed by atoms with Crippen molar-refractivity contribution in [2.24, 2.45) is 53.1 Å². The van der Waals surface area contributed by atoms with Crippen molar-refractivity contribution in [3.8, 4) is 0 Å². The van der Waals surface area contributed by atoms with Gasteiger partial charge >= 0.3 is 5.97 Å². The second kappa shape index (κ2) is 49.8. The lowest BCUT2D eigenvalue weighted by Gasteiger charge is -2.38. The standard InChI is InChI=1S/C46H69N7O10.C44H70N6O7.CH5N/c1-28(2)33(26-36(54)40(29(3)4)49(7)8)44(60)50(9)41(30(5)6)46(62)52-25-13-15-35(52)45(61)51-24-12-14-34(51)43(59)48-27-31-17-19-32(20-18-31)42(58)47-23-11-10-16-39(57)63-53-37(55)21-22-38(53)56;1-11-33(51)16-12-13-23-45-40(53)32-21-19-31(20-22-32)27-46-41(54)35-17-14-24-49(35)43(56)36-18-15-25-50(36)44(57)39(30(6)7)48(10)42(55)34(28(2)3)26-37(52)38(29(4)5)47(8)9;1-2/h17-20,28-30,33-35,40-41H,10-16,21-27H2,1-9H3,(H,47,58)(H,48,59);19-22,28-30,34-36,38-39H,11-18,23-27H2,1-10H3,(H,45,53)(H,46,54);2H2,1H3. The second-order valence-corrected chi connectivity index (χ2v) is 35.6. The van der Waals surface area contributed by atoms with Crippen LogP contribution in [0.5, 0.6) is 0 Å². The highest BCUT2D eigenvalue weighted by Crippen LogP contribution is 2.33. The van der Waals surface area contributed by atoms with E-state index in [0.717, 1.165) is 24.0 Å². The average Bonchev–Trinajstić information content (AvgIpc) is 1.54. The molecular formula is C91H144N14O17. The maximum atomic E-state index is 14.4. The van der Waals surface area contributed by atoms with Gasteiger partial charge in [0.05, 0.1) is 12.1 Å². The van der Waals surface area contributed by atoms with Gasteiger partial charge in [-0.1, -0.05) is 114 Å². The van der Waals surface area contributed by atoms with Gasteiger partial charge in [-0.05, 0) is 183 Å². The van der Waals surface area contributed by atoms with Crippen LogP contribution in [0.4, 0.5) is 0 Å². The molecule has 31 heteroatoms. The molecule has 10 unspecified atom stereocenters. The molecular weight excluding hydrogens is 1560 g/mol. The highest BCUT2D eigenvalue weighted by Gasteiger charge is 2.49. The van der Waals surface area contributed by atoms with Crippen molar-refractivity contribution < 1.29 is 81.6 Å². The Bertz CT molecular complexity index is 3870. The second-order valence-electron chi connectivity index (χ2n) is 35.6. The number of carbonyl (C=O) groups is 16. The molecule has 5 aliphatic heterocycles. The van der Waals surface area contributed by atoms with Crippen LogP contribution in [0.1, 0.15) is 244 Å². The van der Waals surface area contributed by atoms with Gasteiger partial charge in [-0.15, -0.1) is 5.06 Å². The minimum Gasteiger partial charge on any atom is -0.352 e. The fraction of sp³-hybridized carbons (Fsp3) is 0.692. The molecule has 680 valence electrons. The molecule has 7 rings (SSSR count). The minimum atomic E-state index is -0.848. The summed E-state index contributed by atoms with van der Waals surface area (Å²) in [6, 6.07) is 8.52. The topological polar surface area (TPSA) is 386 Å². The molecule has 5 aliphatic rings. The van der Waals surface area contributed by atoms with Crippen molar-refractivity contribution in [3.05, 3.63) is 70.8 Å². The summed E-state index contributed by atoms with van der Waals surface area (Å²) < 4.78 is 0. The molecule has 2 aromatic rings. The predicted octanol–water partition coefficient (Wildman–Crippen LogP) is 7.13. The molecule has 12 amide bonds. The zero-order valence-electron chi connectivity index (χ0n) is 76.5. The first-order valence-electron chi connectivity index (χ1n) is 44.2. The number of nitrogens with two attached hydrogens (primary N) is 1. The molecule has 5 fully saturated rings. The fourth-order valence-corrected chi connectivity index (χ4v) is 17.5. The molecule has 5 saturated heterocycles. The van der Waals surface area contributed by atoms with Crippen molar-refractivity contribution in [3.63, 3.8) is 0 Å². The molecule has 0 bridgehead atoms. The third-order valence-corrected chi connectivity index (χ3v) is 24.0. The minimum absolute atomic E-state index is 0.000134. The van der Waals surface area contributed by atoms with E-state index < -0.39 is 65.9 Å². The summed E-state index contributed by atoms with van der Waals surface area (Å²) in [7, 11) is 12.2. The highest BCUT2D eigenvalue weighted by molar-refractivity contribution is 6.02. The van der Waals surface area contributed by atoms with Crippen molar-refractivity contribution in [1.82, 2.24) is 65.5 Å². The largest absolute Gasteiger partial charge is 0.352 e. The van der Waals surface area contributed by atoms with E-state index in [-0.39, 0.29) is 169 Å². The van der Waals surface area contributed by atoms with Crippen LogP contribution in [0.3, 0.4) is 0 Å². The number of carbonyl (C=O) groups excluding carboxylic acids is 16. The molecule has 6 N–H and O–H groups in total. The maximum absolute atomic E-state index is 14.4. The summed E-state index contributed by atoms with van der Waals surface area (Å²) in [4.78, 5) is 229. The van der Waals surface area contributed by atoms with Gasteiger partial charge in [0.15, 0.2) is 11.6 Å². The Hall–Kier alpha value is -9.36. The van der Waals surface area contributed by atoms with Gasteiger partial charge in [-0.2, -0.15) is 0 Å². The number of hydrogen-bond acceptors (Lipinski definition) is 20. The molecule has 10 atom stereocenters. The normalized spacial score (nSPS) is 18.6. The molecule has 0 aliphatic carbocycles. The zero-order valence-corrected chi connectivity index (χ0v) is 76.5. The first kappa shape index (κ1) is 103. The van der Waals surface area contributed by atoms with E-state index >= 15 is 0 Å². The van der Waals surface area contributed by atoms with Gasteiger partial charge in [0, 0.05) is 134 Å². The van der Waals surface area contributed by atoms with Crippen LogP contribution in [-0.4, -0.2) is 275 Å². The first-order valence-corrected chi connectivity index (χ1v) is 44.2. The number of nitrogens with zero attached hydrogens (tertiary/aromatic N) is 9. The predicted molar refractivity (Wildman–Crippen MR) is 464 cm³/mol. The van der Waals surface area contributed by atoms with Crippen LogP contribution in [0.15, 0.2) is 48.5 Å². The number of hydroxylamine groups is 2. The van der Waals surface area contributed by atoms with Crippen molar-refractivity contribution in [1.29, 1.82) is 0 Å². The highest BCUT2D eigenvalue weighted by atomic mass is 16.7. The number of benzene rings is 2. The van der Waals surface area contributed by atoms with E-state index in [2.05, 4.69) is 27.0 Å². The Kier molecular flexibility index (Phi) is 42.1. The Morgan fingerprint density at radius 3 is 1.07 bits per heavy atom. The number of imide groups is 1. The number of likely N-dealkylation sites (tertiary alicyclic amines) is 4. The number of hydrogen-bond donors (Lipinski definition) is 5. The van der Waals surface area contributed by atoms with E-state index in [9.17, 15) is 76.7 Å². The van der Waals surface area contributed by atoms with Crippen molar-refractivity contribution >= 4 is 94.2 Å². The summed E-state index contributed by atoms with van der Waals surface area (Å²) in [5.41, 5.74) is 6.96. The van der Waals surface area contributed by atoms with Crippen LogP contribution in [0.2, 0.25) is 0 Å². The van der Waals surface area contributed by atoms with Crippen LogP contribution in [0.25, 0.3) is 0 Å². The third-order valence-electron chi connectivity index (χ3n) is 24.0. The number of unbranched alkanes of at least 4 members (excludes halogenated alkanes) is 2. The summed E-state index contributed by atoms with van der Waals surface area (Å²) in [5.74, 6) is -6.19. The summed E-state index contributed by atoms with van der Waals surface area (Å²) in [6.07, 6.45) is 8.00. The Morgan fingerprint density at radius 1 is 0.426 bits per heavy atom. The quantitative estimate of drug-likeness (QED) is 0.0326. The number of Topliss-reactive ketones (excluding diaryl/α,β-unsaturated/α-hetero) is 3. The van der Waals surface area contributed by atoms with Crippen LogP contribution in [-0.2, 0) is 85.1 Å². The van der Waals surface area contributed by atoms with E-state index in [1.165, 1.54) is 16.8 Å². The number of amides is 12. The summed E-state index contributed by atoms with van der Waals surface area (Å²) in [5, 5.41) is 12.1. The Balaban J connectivity index is 0.000000427. The van der Waals surface area contributed by atoms with Gasteiger partial charge in [-0.25, -0.2) is 4.79 Å². The van der Waals surface area contributed by atoms with E-state index in [4.69, 9.17) is 4.84 Å². The lowest BCUT2D eigenvalue weighted by Crippen LogP contribution is -2.58. The zero-order chi connectivity index (χ0) is 91.3. The van der Waals surface area contributed by atoms with Gasteiger partial charge in [0.1, 0.15) is 42.0 Å². The SMILES string of the molecule is CC(C)C(CC(=O)C(C(C)C)N(C)C)C(=O)N(C)C(C(=O)N1CCCC1C(=O)N1CCCC1C(=O)NCc1ccc(C(=O)NCCCCC(=O)ON2C(=O)CCC2=O)cc1)C(C)C.CCC(=O)CCCCNC(=O)c1ccc(CNC(=O)C2CCCN2C(=O)C2CCCN2C(=O)C(C(C)C)N(C)C(=O)C(CC(=O)C(C(C)C)N(C)C)C(C)C)cc1.CN. The third kappa shape index (κ3) is 28.6. The number of likely N-dealkylation sites (N-methyl/N-ethyl adjacent to an activating group) is 4. The molecule has 122 heavy (non-hydrogen) atoms. The van der Waals surface area contributed by atoms with Crippen LogP contribution >= 0.6 is 0 Å². The summed E-state index contributed by atoms with van der Waals surface area (Å²) in [6.45, 7) is 27.7. The Labute approximate surface area is 723 Å². The molecule has 0 radical (unpaired) electrons. The molecule has 0 spiro atoms. The monoisotopic (exact) mass is 1710 g/mol. The number of ketones is 3. The van der Waals surface area contributed by atoms with E-state index in [0.29, 0.717) is 133 Å². The smallest absolute Gasteiger partial charge is 0.333 e. The van der Waals surface area contributed by atoms with Crippen LogP contribution in [0, 0.1) is 47.3 Å². The molecule has 31 nitrogen and oxygen atoms in total. The fourth-order valence-electron chi connectivity index (χ4n) is 17.5. The lowest BCUT2D eigenvalue weighted by atomic mass is 9.84. The molecule has 2 aromatic carbocycles. The summed E-state index contributed by atoms with van der Waals surface area (Å²) >= 11 is 0. The molecule has 0 aromatic heterocycles. The van der Waals surface area contributed by atoms with Gasteiger partial charge in [0.25, 0.3) is 23.6 Å². The van der Waals surface area contributed by atoms with Gasteiger partial charge in [-0.3, -0.25) is 81.7 Å². The van der Waals surface area contributed by atoms with Crippen molar-refractivity contribution in [2.45, 2.75) is 273 Å². The lowest BCUT2D eigenvalue weighted by molar-refractivity contribution is -0.197. The van der Waals surface area contributed by atoms with Gasteiger partial charge in [0.2, 0.25) is 47.3 Å². The van der Waals surface area contributed by atoms with Crippen molar-refractivity contribution in [2.75, 3.05) is 88.6 Å². The van der Waals surface area contributed by atoms with Crippen LogP contribution < -0.4 is 27.0 Å². The van der Waals surface area contributed by atoms with E-state index in [1.807, 2.05) is 128 Å². The Morgan fingerprint density at radius 2 is 0.754 bits per heavy atom.